The van der Waals surface area contributed by atoms with Gasteiger partial charge in [0.25, 0.3) is 0 Å². The summed E-state index contributed by atoms with van der Waals surface area (Å²) in [6, 6.07) is 3.97. The van der Waals surface area contributed by atoms with Gasteiger partial charge in [-0.15, -0.1) is 0 Å². The fourth-order valence-corrected chi connectivity index (χ4v) is 3.89. The Labute approximate surface area is 162 Å². The molecule has 0 unspecified atom stereocenters. The number of hydrogen-bond donors (Lipinski definition) is 3. The molecule has 0 atom stereocenters. The molecule has 28 heavy (non-hydrogen) atoms. The van der Waals surface area contributed by atoms with Crippen molar-refractivity contribution in [2.45, 2.75) is 52.6 Å². The van der Waals surface area contributed by atoms with Crippen LogP contribution in [0.15, 0.2) is 18.2 Å². The van der Waals surface area contributed by atoms with Gasteiger partial charge in [0.1, 0.15) is 5.82 Å². The number of fused-ring (bicyclic) bond motifs is 1. The van der Waals surface area contributed by atoms with Crippen molar-refractivity contribution in [2.75, 3.05) is 10.6 Å². The summed E-state index contributed by atoms with van der Waals surface area (Å²) in [6.07, 6.45) is 3.70. The van der Waals surface area contributed by atoms with Gasteiger partial charge in [0, 0.05) is 16.7 Å². The fraction of sp³-hybridized carbons (Fsp3) is 0.450. The highest BCUT2D eigenvalue weighted by atomic mass is 19.1. The molecule has 1 aliphatic heterocycles. The van der Waals surface area contributed by atoms with Gasteiger partial charge in [0.05, 0.1) is 18.8 Å². The van der Waals surface area contributed by atoms with Crippen molar-refractivity contribution < 1.29 is 14.0 Å². The summed E-state index contributed by atoms with van der Waals surface area (Å²) < 4.78 is 13.5. The molecule has 2 aromatic rings. The molecule has 0 saturated heterocycles. The second kappa shape index (κ2) is 6.92. The van der Waals surface area contributed by atoms with Crippen LogP contribution in [-0.2, 0) is 17.9 Å². The monoisotopic (exact) mass is 385 g/mol. The molecular weight excluding hydrogens is 361 g/mol. The summed E-state index contributed by atoms with van der Waals surface area (Å²) in [5.74, 6) is 0.105. The van der Waals surface area contributed by atoms with E-state index in [-0.39, 0.29) is 17.4 Å². The van der Waals surface area contributed by atoms with Crippen molar-refractivity contribution in [1.82, 2.24) is 15.1 Å². The number of aromatic nitrogens is 2. The molecule has 4 rings (SSSR count). The van der Waals surface area contributed by atoms with Gasteiger partial charge in [-0.25, -0.2) is 9.18 Å². The topological polar surface area (TPSA) is 90.1 Å². The highest BCUT2D eigenvalue weighted by Gasteiger charge is 2.43. The van der Waals surface area contributed by atoms with Gasteiger partial charge in [-0.3, -0.25) is 9.89 Å². The van der Waals surface area contributed by atoms with Crippen molar-refractivity contribution in [3.63, 3.8) is 0 Å². The molecule has 0 bridgehead atoms. The summed E-state index contributed by atoms with van der Waals surface area (Å²) >= 11 is 0. The van der Waals surface area contributed by atoms with Crippen molar-refractivity contribution in [3.05, 3.63) is 40.8 Å². The minimum absolute atomic E-state index is 0.00818. The first-order chi connectivity index (χ1) is 13.4. The molecule has 1 fully saturated rings. The number of carbonyl (C=O) groups is 2. The van der Waals surface area contributed by atoms with E-state index in [0.29, 0.717) is 24.6 Å². The molecule has 1 aromatic heterocycles. The average molecular weight is 385 g/mol. The maximum atomic E-state index is 13.5. The van der Waals surface area contributed by atoms with Gasteiger partial charge in [-0.2, -0.15) is 5.10 Å². The summed E-state index contributed by atoms with van der Waals surface area (Å²) in [5.41, 5.74) is 2.58. The number of amides is 3. The van der Waals surface area contributed by atoms with E-state index in [1.165, 1.54) is 12.1 Å². The first-order valence-corrected chi connectivity index (χ1v) is 9.61. The van der Waals surface area contributed by atoms with Crippen molar-refractivity contribution in [2.24, 2.45) is 5.41 Å². The van der Waals surface area contributed by atoms with Crippen LogP contribution in [0.1, 0.15) is 49.4 Å². The van der Waals surface area contributed by atoms with Crippen molar-refractivity contribution in [1.29, 1.82) is 0 Å². The molecule has 8 heteroatoms. The number of H-pyrrole nitrogens is 1. The molecule has 2 aliphatic rings. The number of hydrogen-bond acceptors (Lipinski definition) is 3. The van der Waals surface area contributed by atoms with Crippen molar-refractivity contribution in [3.8, 4) is 0 Å². The van der Waals surface area contributed by atoms with Gasteiger partial charge >= 0.3 is 6.03 Å². The quantitative estimate of drug-likeness (QED) is 0.745. The predicted octanol–water partition coefficient (Wildman–Crippen LogP) is 3.92. The average Bonchev–Trinajstić information content (AvgIpc) is 3.20. The van der Waals surface area contributed by atoms with Gasteiger partial charge < -0.3 is 15.5 Å². The lowest BCUT2D eigenvalue weighted by Gasteiger charge is -2.39. The standard InChI is InChI=1S/C20H24FN5O2/c1-3-20(7-4-8-20)18(27)23-17-14-10-26(11-16(14)24-25-17)19(28)22-15-9-13(21)6-5-12(15)2/h5-6,9H,3-4,7-8,10-11H2,1-2H3,(H,22,28)(H2,23,24,25,27). The zero-order valence-corrected chi connectivity index (χ0v) is 16.1. The molecule has 1 saturated carbocycles. The van der Waals surface area contributed by atoms with Gasteiger partial charge in [0.15, 0.2) is 5.82 Å². The summed E-state index contributed by atoms with van der Waals surface area (Å²) in [6.45, 7) is 4.54. The van der Waals surface area contributed by atoms with Crippen LogP contribution >= 0.6 is 0 Å². The number of aromatic amines is 1. The molecule has 3 N–H and O–H groups in total. The Morgan fingerprint density at radius 2 is 2.07 bits per heavy atom. The molecule has 1 aromatic carbocycles. The number of nitrogens with one attached hydrogen (secondary N) is 3. The molecule has 148 valence electrons. The van der Waals surface area contributed by atoms with E-state index in [1.54, 1.807) is 11.0 Å². The third-order valence-electron chi connectivity index (χ3n) is 6.08. The smallest absolute Gasteiger partial charge is 0.314 e. The van der Waals surface area contributed by atoms with Crippen LogP contribution in [0.5, 0.6) is 0 Å². The summed E-state index contributed by atoms with van der Waals surface area (Å²) in [4.78, 5) is 26.9. The largest absolute Gasteiger partial charge is 0.322 e. The lowest BCUT2D eigenvalue weighted by molar-refractivity contribution is -0.130. The lowest BCUT2D eigenvalue weighted by Crippen LogP contribution is -2.41. The number of urea groups is 1. The SMILES string of the molecule is CCC1(C(=O)Nc2n[nH]c3c2CN(C(=O)Nc2cc(F)ccc2C)C3)CCC1. The molecule has 3 amide bonds. The minimum Gasteiger partial charge on any atom is -0.314 e. The third kappa shape index (κ3) is 3.12. The van der Waals surface area contributed by atoms with Crippen LogP contribution in [0, 0.1) is 18.2 Å². The predicted molar refractivity (Wildman–Crippen MR) is 103 cm³/mol. The normalized spacial score (nSPS) is 17.0. The second-order valence-electron chi connectivity index (χ2n) is 7.72. The molecule has 0 spiro atoms. The van der Waals surface area contributed by atoms with Crippen molar-refractivity contribution >= 4 is 23.4 Å². The Morgan fingerprint density at radius 3 is 2.75 bits per heavy atom. The zero-order chi connectivity index (χ0) is 19.9. The number of carbonyl (C=O) groups excluding carboxylic acids is 2. The maximum Gasteiger partial charge on any atom is 0.322 e. The Kier molecular flexibility index (Phi) is 4.56. The second-order valence-corrected chi connectivity index (χ2v) is 7.72. The van der Waals surface area contributed by atoms with Gasteiger partial charge in [-0.1, -0.05) is 19.4 Å². The van der Waals surface area contributed by atoms with E-state index in [2.05, 4.69) is 20.8 Å². The number of anilines is 2. The number of benzene rings is 1. The fourth-order valence-electron chi connectivity index (χ4n) is 3.89. The first-order valence-electron chi connectivity index (χ1n) is 9.61. The Hall–Kier alpha value is -2.90. The Balaban J connectivity index is 1.43. The van der Waals surface area contributed by atoms with E-state index in [0.717, 1.165) is 42.5 Å². The third-order valence-corrected chi connectivity index (χ3v) is 6.08. The highest BCUT2D eigenvalue weighted by Crippen LogP contribution is 2.44. The minimum atomic E-state index is -0.400. The van der Waals surface area contributed by atoms with Crippen LogP contribution in [0.25, 0.3) is 0 Å². The van der Waals surface area contributed by atoms with E-state index < -0.39 is 5.82 Å². The zero-order valence-electron chi connectivity index (χ0n) is 16.1. The highest BCUT2D eigenvalue weighted by molar-refractivity contribution is 5.96. The molecular formula is C20H24FN5O2. The Morgan fingerprint density at radius 1 is 1.29 bits per heavy atom. The lowest BCUT2D eigenvalue weighted by atomic mass is 9.66. The summed E-state index contributed by atoms with van der Waals surface area (Å²) in [7, 11) is 0. The van der Waals surface area contributed by atoms with Crippen LogP contribution in [0.4, 0.5) is 20.7 Å². The van der Waals surface area contributed by atoms with Gasteiger partial charge in [0.2, 0.25) is 5.91 Å². The number of halogens is 1. The maximum absolute atomic E-state index is 13.5. The number of rotatable bonds is 4. The van der Waals surface area contributed by atoms with Crippen LogP contribution < -0.4 is 10.6 Å². The van der Waals surface area contributed by atoms with Crippen LogP contribution in [-0.4, -0.2) is 27.0 Å². The van der Waals surface area contributed by atoms with Crippen LogP contribution in [0.2, 0.25) is 0 Å². The van der Waals surface area contributed by atoms with E-state index in [1.807, 2.05) is 13.8 Å². The molecule has 7 nitrogen and oxygen atoms in total. The van der Waals surface area contributed by atoms with E-state index in [4.69, 9.17) is 0 Å². The Bertz CT molecular complexity index is 929. The number of nitrogens with zero attached hydrogens (tertiary/aromatic N) is 2. The summed E-state index contributed by atoms with van der Waals surface area (Å²) in [5, 5.41) is 12.8. The van der Waals surface area contributed by atoms with Crippen LogP contribution in [0.3, 0.4) is 0 Å². The van der Waals surface area contributed by atoms with E-state index in [9.17, 15) is 14.0 Å². The number of aryl methyl sites for hydroxylation is 1. The van der Waals surface area contributed by atoms with E-state index >= 15 is 0 Å². The molecule has 1 aliphatic carbocycles. The first kappa shape index (κ1) is 18.5. The molecule has 2 heterocycles. The van der Waals surface area contributed by atoms with Gasteiger partial charge in [-0.05, 0) is 43.9 Å². The molecule has 0 radical (unpaired) electrons.